The van der Waals surface area contributed by atoms with Gasteiger partial charge in [-0.3, -0.25) is 4.79 Å². The molecule has 0 aliphatic carbocycles. The molecule has 0 fully saturated rings. The first-order valence-electron chi connectivity index (χ1n) is 6.17. The fourth-order valence-electron chi connectivity index (χ4n) is 2.15. The van der Waals surface area contributed by atoms with Crippen LogP contribution in [0.2, 0.25) is 0 Å². The van der Waals surface area contributed by atoms with Crippen LogP contribution in [0, 0.1) is 0 Å². The molecule has 2 aromatic rings. The summed E-state index contributed by atoms with van der Waals surface area (Å²) in [5, 5.41) is 19.3. The minimum atomic E-state index is -1.07. The van der Waals surface area contributed by atoms with Gasteiger partial charge in [-0.1, -0.05) is 24.3 Å². The van der Waals surface area contributed by atoms with Crippen LogP contribution in [0.4, 0.5) is 0 Å². The van der Waals surface area contributed by atoms with Crippen molar-refractivity contribution in [1.29, 1.82) is 0 Å². The Labute approximate surface area is 116 Å². The van der Waals surface area contributed by atoms with Crippen LogP contribution < -0.4 is 0 Å². The minimum Gasteiger partial charge on any atom is -0.478 e. The van der Waals surface area contributed by atoms with Gasteiger partial charge in [-0.25, -0.2) is 4.79 Å². The Morgan fingerprint density at radius 2 is 1.70 bits per heavy atom. The highest BCUT2D eigenvalue weighted by molar-refractivity contribution is 6.14. The Morgan fingerprint density at radius 3 is 2.25 bits per heavy atom. The molecule has 20 heavy (non-hydrogen) atoms. The van der Waals surface area contributed by atoms with Gasteiger partial charge < -0.3 is 15.1 Å². The standard InChI is InChI=1S/C15H15NO4/c1-16(8-9-17)14(18)11-6-2-4-10-5-3-7-12(13(10)11)15(19)20/h2-7,17H,8-9H2,1H3,(H,19,20). The summed E-state index contributed by atoms with van der Waals surface area (Å²) in [6.45, 7) is 0.0588. The molecule has 0 saturated carbocycles. The van der Waals surface area contributed by atoms with Gasteiger partial charge >= 0.3 is 5.97 Å². The molecule has 0 heterocycles. The lowest BCUT2D eigenvalue weighted by atomic mass is 9.98. The number of carboxylic acid groups (broad SMARTS) is 1. The zero-order valence-electron chi connectivity index (χ0n) is 11.0. The van der Waals surface area contributed by atoms with Crippen LogP contribution in [0.3, 0.4) is 0 Å². The summed E-state index contributed by atoms with van der Waals surface area (Å²) in [5.41, 5.74) is 0.431. The zero-order valence-corrected chi connectivity index (χ0v) is 11.0. The molecule has 2 aromatic carbocycles. The summed E-state index contributed by atoms with van der Waals surface area (Å²) in [5.74, 6) is -1.38. The lowest BCUT2D eigenvalue weighted by Gasteiger charge is -2.17. The van der Waals surface area contributed by atoms with Crippen LogP contribution in [0.1, 0.15) is 20.7 Å². The number of likely N-dealkylation sites (N-methyl/N-ethyl adjacent to an activating group) is 1. The van der Waals surface area contributed by atoms with Crippen LogP contribution in [-0.2, 0) is 0 Å². The van der Waals surface area contributed by atoms with E-state index in [1.165, 1.54) is 11.0 Å². The van der Waals surface area contributed by atoms with E-state index in [2.05, 4.69) is 0 Å². The normalized spacial score (nSPS) is 10.5. The van der Waals surface area contributed by atoms with E-state index >= 15 is 0 Å². The minimum absolute atomic E-state index is 0.101. The van der Waals surface area contributed by atoms with Gasteiger partial charge in [0, 0.05) is 24.5 Å². The number of rotatable bonds is 4. The number of aliphatic hydroxyl groups is 1. The van der Waals surface area contributed by atoms with E-state index in [9.17, 15) is 14.7 Å². The van der Waals surface area contributed by atoms with Crippen molar-refractivity contribution in [3.05, 3.63) is 47.5 Å². The van der Waals surface area contributed by atoms with E-state index in [1.54, 1.807) is 37.4 Å². The molecule has 104 valence electrons. The van der Waals surface area contributed by atoms with Gasteiger partial charge in [-0.05, 0) is 17.5 Å². The van der Waals surface area contributed by atoms with Crippen molar-refractivity contribution in [2.75, 3.05) is 20.2 Å². The molecule has 0 radical (unpaired) electrons. The number of benzene rings is 2. The number of fused-ring (bicyclic) bond motifs is 1. The van der Waals surface area contributed by atoms with Gasteiger partial charge in [-0.15, -0.1) is 0 Å². The molecule has 0 aliphatic rings. The summed E-state index contributed by atoms with van der Waals surface area (Å²) < 4.78 is 0. The zero-order chi connectivity index (χ0) is 14.7. The number of amides is 1. The van der Waals surface area contributed by atoms with Crippen LogP contribution >= 0.6 is 0 Å². The van der Waals surface area contributed by atoms with Crippen molar-refractivity contribution in [2.24, 2.45) is 0 Å². The highest BCUT2D eigenvalue weighted by Gasteiger charge is 2.18. The third-order valence-corrected chi connectivity index (χ3v) is 3.15. The second-order valence-electron chi connectivity index (χ2n) is 4.46. The van der Waals surface area contributed by atoms with E-state index in [4.69, 9.17) is 5.11 Å². The Kier molecular flexibility index (Phi) is 4.00. The molecular weight excluding hydrogens is 258 g/mol. The highest BCUT2D eigenvalue weighted by atomic mass is 16.4. The number of hydrogen-bond donors (Lipinski definition) is 2. The van der Waals surface area contributed by atoms with Gasteiger partial charge in [0.25, 0.3) is 5.91 Å². The summed E-state index contributed by atoms with van der Waals surface area (Å²) >= 11 is 0. The maximum atomic E-state index is 12.3. The van der Waals surface area contributed by atoms with Crippen LogP contribution in [0.15, 0.2) is 36.4 Å². The van der Waals surface area contributed by atoms with Gasteiger partial charge in [0.2, 0.25) is 0 Å². The SMILES string of the molecule is CN(CCO)C(=O)c1cccc2cccc(C(=O)O)c12. The molecule has 0 atom stereocenters. The number of carbonyl (C=O) groups is 2. The maximum absolute atomic E-state index is 12.3. The van der Waals surface area contributed by atoms with Crippen molar-refractivity contribution in [2.45, 2.75) is 0 Å². The summed E-state index contributed by atoms with van der Waals surface area (Å²) in [6, 6.07) is 9.99. The van der Waals surface area contributed by atoms with Gasteiger partial charge in [0.1, 0.15) is 0 Å². The molecule has 2 rings (SSSR count). The molecule has 0 bridgehead atoms. The summed E-state index contributed by atoms with van der Waals surface area (Å²) in [4.78, 5) is 25.0. The highest BCUT2D eigenvalue weighted by Crippen LogP contribution is 2.24. The Hall–Kier alpha value is -2.40. The number of carboxylic acids is 1. The third kappa shape index (κ3) is 2.48. The van der Waals surface area contributed by atoms with Crippen molar-refractivity contribution in [3.63, 3.8) is 0 Å². The summed E-state index contributed by atoms with van der Waals surface area (Å²) in [7, 11) is 1.57. The van der Waals surface area contributed by atoms with E-state index < -0.39 is 5.97 Å². The Morgan fingerprint density at radius 1 is 1.10 bits per heavy atom. The second-order valence-corrected chi connectivity index (χ2v) is 4.46. The Bertz CT molecular complexity index is 661. The van der Waals surface area contributed by atoms with Crippen LogP contribution in [-0.4, -0.2) is 47.2 Å². The molecule has 5 nitrogen and oxygen atoms in total. The first-order valence-corrected chi connectivity index (χ1v) is 6.17. The number of aliphatic hydroxyl groups excluding tert-OH is 1. The van der Waals surface area contributed by atoms with Gasteiger partial charge in [-0.2, -0.15) is 0 Å². The second kappa shape index (κ2) is 5.71. The first kappa shape index (κ1) is 14.0. The Balaban J connectivity index is 2.64. The van der Waals surface area contributed by atoms with Crippen molar-refractivity contribution in [1.82, 2.24) is 4.90 Å². The molecule has 2 N–H and O–H groups in total. The molecule has 0 spiro atoms. The molecular formula is C15H15NO4. The van der Waals surface area contributed by atoms with E-state index in [0.717, 1.165) is 0 Å². The van der Waals surface area contributed by atoms with Crippen molar-refractivity contribution < 1.29 is 19.8 Å². The molecule has 1 amide bonds. The van der Waals surface area contributed by atoms with Gasteiger partial charge in [0.05, 0.1) is 12.2 Å². The lowest BCUT2D eigenvalue weighted by molar-refractivity contribution is 0.0699. The fraction of sp³-hybridized carbons (Fsp3) is 0.200. The summed E-state index contributed by atoms with van der Waals surface area (Å²) in [6.07, 6.45) is 0. The number of aromatic carboxylic acids is 1. The molecule has 0 aromatic heterocycles. The topological polar surface area (TPSA) is 77.8 Å². The average Bonchev–Trinajstić information content (AvgIpc) is 2.45. The number of hydrogen-bond acceptors (Lipinski definition) is 3. The quantitative estimate of drug-likeness (QED) is 0.887. The molecule has 0 saturated heterocycles. The monoisotopic (exact) mass is 273 g/mol. The molecule has 0 unspecified atom stereocenters. The van der Waals surface area contributed by atoms with E-state index in [1.807, 2.05) is 0 Å². The van der Waals surface area contributed by atoms with E-state index in [0.29, 0.717) is 16.3 Å². The fourth-order valence-corrected chi connectivity index (χ4v) is 2.15. The maximum Gasteiger partial charge on any atom is 0.336 e. The predicted octanol–water partition coefficient (Wildman–Crippen LogP) is 1.60. The molecule has 5 heteroatoms. The number of nitrogens with zero attached hydrogens (tertiary/aromatic N) is 1. The largest absolute Gasteiger partial charge is 0.478 e. The first-order chi connectivity index (χ1) is 9.56. The van der Waals surface area contributed by atoms with Crippen LogP contribution in [0.5, 0.6) is 0 Å². The van der Waals surface area contributed by atoms with Gasteiger partial charge in [0.15, 0.2) is 0 Å². The van der Waals surface area contributed by atoms with E-state index in [-0.39, 0.29) is 24.6 Å². The van der Waals surface area contributed by atoms with Crippen molar-refractivity contribution >= 4 is 22.6 Å². The average molecular weight is 273 g/mol. The third-order valence-electron chi connectivity index (χ3n) is 3.15. The predicted molar refractivity (Wildman–Crippen MR) is 75.0 cm³/mol. The van der Waals surface area contributed by atoms with Crippen molar-refractivity contribution in [3.8, 4) is 0 Å². The number of carbonyl (C=O) groups excluding carboxylic acids is 1. The smallest absolute Gasteiger partial charge is 0.336 e. The lowest BCUT2D eigenvalue weighted by Crippen LogP contribution is -2.29. The van der Waals surface area contributed by atoms with Crippen LogP contribution in [0.25, 0.3) is 10.8 Å². The molecule has 0 aliphatic heterocycles.